The van der Waals surface area contributed by atoms with Crippen LogP contribution in [0.3, 0.4) is 0 Å². The van der Waals surface area contributed by atoms with Crippen LogP contribution in [-0.4, -0.2) is 4.98 Å². The molecule has 0 fully saturated rings. The van der Waals surface area contributed by atoms with E-state index >= 15 is 0 Å². The molecule has 0 spiro atoms. The van der Waals surface area contributed by atoms with Crippen molar-refractivity contribution in [1.29, 1.82) is 0 Å². The summed E-state index contributed by atoms with van der Waals surface area (Å²) in [4.78, 5) is 3.43. The van der Waals surface area contributed by atoms with Crippen LogP contribution in [0.5, 0.6) is 11.5 Å². The van der Waals surface area contributed by atoms with E-state index < -0.39 is 17.6 Å². The summed E-state index contributed by atoms with van der Waals surface area (Å²) >= 11 is 5.70. The van der Waals surface area contributed by atoms with Gasteiger partial charge in [0, 0.05) is 6.20 Å². The second-order valence-corrected chi connectivity index (χ2v) is 3.99. The molecule has 0 aliphatic rings. The first kappa shape index (κ1) is 13.6. The summed E-state index contributed by atoms with van der Waals surface area (Å²) in [7, 11) is 0. The molecule has 1 aromatic carbocycles. The Bertz CT molecular complexity index is 601. The monoisotopic (exact) mass is 291 g/mol. The van der Waals surface area contributed by atoms with Crippen LogP contribution in [0.4, 0.5) is 17.6 Å². The van der Waals surface area contributed by atoms with Crippen molar-refractivity contribution in [1.82, 2.24) is 4.98 Å². The molecule has 2 rings (SSSR count). The Morgan fingerprint density at radius 3 is 2.47 bits per heavy atom. The average molecular weight is 292 g/mol. The first-order valence-electron chi connectivity index (χ1n) is 5.01. The minimum absolute atomic E-state index is 0.0441. The first-order chi connectivity index (χ1) is 8.86. The van der Waals surface area contributed by atoms with Crippen molar-refractivity contribution in [2.24, 2.45) is 0 Å². The van der Waals surface area contributed by atoms with Crippen molar-refractivity contribution in [2.75, 3.05) is 0 Å². The van der Waals surface area contributed by atoms with Gasteiger partial charge in [-0.3, -0.25) is 4.98 Å². The van der Waals surface area contributed by atoms with Crippen molar-refractivity contribution < 1.29 is 22.3 Å². The van der Waals surface area contributed by atoms with Crippen molar-refractivity contribution in [2.45, 2.75) is 6.18 Å². The van der Waals surface area contributed by atoms with Crippen LogP contribution in [0.2, 0.25) is 5.02 Å². The lowest BCUT2D eigenvalue weighted by atomic mass is 10.2. The number of aromatic nitrogens is 1. The zero-order chi connectivity index (χ0) is 14.0. The van der Waals surface area contributed by atoms with Crippen molar-refractivity contribution in [3.8, 4) is 11.5 Å². The summed E-state index contributed by atoms with van der Waals surface area (Å²) in [6.07, 6.45) is -2.73. The summed E-state index contributed by atoms with van der Waals surface area (Å²) < 4.78 is 55.3. The van der Waals surface area contributed by atoms with Crippen LogP contribution >= 0.6 is 11.6 Å². The Morgan fingerprint density at radius 1 is 1.11 bits per heavy atom. The molecular weight excluding hydrogens is 286 g/mol. The molecule has 100 valence electrons. The van der Waals surface area contributed by atoms with E-state index in [-0.39, 0.29) is 16.5 Å². The van der Waals surface area contributed by atoms with Gasteiger partial charge in [-0.05, 0) is 24.3 Å². The van der Waals surface area contributed by atoms with Gasteiger partial charge in [-0.25, -0.2) is 4.39 Å². The van der Waals surface area contributed by atoms with Gasteiger partial charge in [-0.2, -0.15) is 13.2 Å². The van der Waals surface area contributed by atoms with Gasteiger partial charge < -0.3 is 4.74 Å². The number of rotatable bonds is 2. The van der Waals surface area contributed by atoms with Gasteiger partial charge in [0.2, 0.25) is 0 Å². The van der Waals surface area contributed by atoms with Crippen LogP contribution in [0.25, 0.3) is 0 Å². The van der Waals surface area contributed by atoms with E-state index in [1.54, 1.807) is 0 Å². The molecule has 0 saturated heterocycles. The molecule has 0 aliphatic heterocycles. The largest absolute Gasteiger partial charge is 0.454 e. The Morgan fingerprint density at radius 2 is 1.84 bits per heavy atom. The highest BCUT2D eigenvalue weighted by Crippen LogP contribution is 2.33. The minimum Gasteiger partial charge on any atom is -0.454 e. The number of hydrogen-bond acceptors (Lipinski definition) is 2. The quantitative estimate of drug-likeness (QED) is 0.749. The summed E-state index contributed by atoms with van der Waals surface area (Å²) in [5, 5.41) is -0.0441. The fourth-order valence-corrected chi connectivity index (χ4v) is 1.52. The molecule has 0 unspecified atom stereocenters. The summed E-state index contributed by atoms with van der Waals surface area (Å²) in [6.45, 7) is 0. The number of ether oxygens (including phenoxy) is 1. The van der Waals surface area contributed by atoms with E-state index in [0.717, 1.165) is 24.4 Å². The van der Waals surface area contributed by atoms with Crippen LogP contribution in [0.1, 0.15) is 5.56 Å². The SMILES string of the molecule is Fc1ccc(Oc2cncc(C(F)(F)F)c2)c(Cl)c1. The number of benzene rings is 1. The predicted molar refractivity (Wildman–Crippen MR) is 60.7 cm³/mol. The summed E-state index contributed by atoms with van der Waals surface area (Å²) in [6, 6.07) is 4.09. The molecule has 0 radical (unpaired) electrons. The Hall–Kier alpha value is -1.82. The Labute approximate surface area is 110 Å². The Kier molecular flexibility index (Phi) is 3.61. The van der Waals surface area contributed by atoms with E-state index in [4.69, 9.17) is 16.3 Å². The molecule has 0 amide bonds. The van der Waals surface area contributed by atoms with E-state index in [9.17, 15) is 17.6 Å². The Balaban J connectivity index is 2.29. The lowest BCUT2D eigenvalue weighted by molar-refractivity contribution is -0.137. The number of hydrogen-bond donors (Lipinski definition) is 0. The third-order valence-electron chi connectivity index (χ3n) is 2.16. The smallest absolute Gasteiger partial charge is 0.418 e. The van der Waals surface area contributed by atoms with Crippen molar-refractivity contribution >= 4 is 11.6 Å². The fourth-order valence-electron chi connectivity index (χ4n) is 1.31. The zero-order valence-electron chi connectivity index (χ0n) is 9.21. The molecule has 2 nitrogen and oxygen atoms in total. The molecule has 0 N–H and O–H groups in total. The number of halogens is 5. The molecule has 7 heteroatoms. The first-order valence-corrected chi connectivity index (χ1v) is 5.39. The highest BCUT2D eigenvalue weighted by atomic mass is 35.5. The lowest BCUT2D eigenvalue weighted by Crippen LogP contribution is -2.05. The number of pyridine rings is 1. The maximum absolute atomic E-state index is 12.8. The maximum atomic E-state index is 12.8. The molecule has 1 aromatic heterocycles. The molecule has 0 saturated carbocycles. The second-order valence-electron chi connectivity index (χ2n) is 3.58. The van der Waals surface area contributed by atoms with Gasteiger partial charge >= 0.3 is 6.18 Å². The van der Waals surface area contributed by atoms with Crippen LogP contribution < -0.4 is 4.74 Å². The highest BCUT2D eigenvalue weighted by Gasteiger charge is 2.31. The molecule has 19 heavy (non-hydrogen) atoms. The van der Waals surface area contributed by atoms with Gasteiger partial charge in [0.25, 0.3) is 0 Å². The van der Waals surface area contributed by atoms with Crippen LogP contribution in [-0.2, 0) is 6.18 Å². The van der Waals surface area contributed by atoms with E-state index in [1.165, 1.54) is 6.07 Å². The summed E-state index contributed by atoms with van der Waals surface area (Å²) in [5.41, 5.74) is -0.941. The predicted octanol–water partition coefficient (Wildman–Crippen LogP) is 4.69. The zero-order valence-corrected chi connectivity index (χ0v) is 9.97. The number of alkyl halides is 3. The topological polar surface area (TPSA) is 22.1 Å². The standard InChI is InChI=1S/C12H6ClF4NO/c13-10-4-8(14)1-2-11(10)19-9-3-7(5-18-6-9)12(15,16)17/h1-6H. The molecule has 0 bridgehead atoms. The lowest BCUT2D eigenvalue weighted by Gasteiger charge is -2.10. The normalized spacial score (nSPS) is 11.4. The maximum Gasteiger partial charge on any atom is 0.418 e. The third-order valence-corrected chi connectivity index (χ3v) is 2.46. The van der Waals surface area contributed by atoms with Crippen molar-refractivity contribution in [3.05, 3.63) is 53.1 Å². The average Bonchev–Trinajstić information content (AvgIpc) is 2.32. The van der Waals surface area contributed by atoms with Gasteiger partial charge in [-0.1, -0.05) is 11.6 Å². The van der Waals surface area contributed by atoms with Crippen LogP contribution in [0, 0.1) is 5.82 Å². The molecule has 1 heterocycles. The summed E-state index contributed by atoms with van der Waals surface area (Å²) in [5.74, 6) is -0.660. The fraction of sp³-hybridized carbons (Fsp3) is 0.0833. The minimum atomic E-state index is -4.51. The van der Waals surface area contributed by atoms with E-state index in [2.05, 4.69) is 4.98 Å². The molecular formula is C12H6ClF4NO. The van der Waals surface area contributed by atoms with Gasteiger partial charge in [0.05, 0.1) is 16.8 Å². The highest BCUT2D eigenvalue weighted by molar-refractivity contribution is 6.32. The van der Waals surface area contributed by atoms with Crippen LogP contribution in [0.15, 0.2) is 36.7 Å². The van der Waals surface area contributed by atoms with Gasteiger partial charge in [0.15, 0.2) is 0 Å². The van der Waals surface area contributed by atoms with Gasteiger partial charge in [-0.15, -0.1) is 0 Å². The number of nitrogens with zero attached hydrogens (tertiary/aromatic N) is 1. The van der Waals surface area contributed by atoms with Gasteiger partial charge in [0.1, 0.15) is 17.3 Å². The van der Waals surface area contributed by atoms with E-state index in [0.29, 0.717) is 6.20 Å². The molecule has 2 aromatic rings. The van der Waals surface area contributed by atoms with E-state index in [1.807, 2.05) is 0 Å². The van der Waals surface area contributed by atoms with Crippen molar-refractivity contribution in [3.63, 3.8) is 0 Å². The molecule has 0 atom stereocenters. The second kappa shape index (κ2) is 5.05. The molecule has 0 aliphatic carbocycles. The third kappa shape index (κ3) is 3.35.